The number of amides is 2. The lowest BCUT2D eigenvalue weighted by molar-refractivity contribution is -0.157. The van der Waals surface area contributed by atoms with E-state index in [0.29, 0.717) is 21.7 Å². The highest BCUT2D eigenvalue weighted by Gasteiger charge is 2.40. The molecule has 6 nitrogen and oxygen atoms in total. The fourth-order valence-electron chi connectivity index (χ4n) is 2.74. The molecule has 132 valence electrons. The fourth-order valence-corrected chi connectivity index (χ4v) is 2.74. The summed E-state index contributed by atoms with van der Waals surface area (Å²) in [6, 6.07) is 1.76. The van der Waals surface area contributed by atoms with E-state index in [2.05, 4.69) is 10.3 Å². The molecule has 0 aromatic carbocycles. The molecule has 2 N–H and O–H groups in total. The maximum Gasteiger partial charge on any atom is 0.406 e. The van der Waals surface area contributed by atoms with Crippen LogP contribution in [0.2, 0.25) is 0 Å². The Labute approximate surface area is 136 Å². The van der Waals surface area contributed by atoms with Crippen molar-refractivity contribution in [2.75, 3.05) is 13.1 Å². The molecular formula is C15H18F3N3O3. The van der Waals surface area contributed by atoms with Crippen LogP contribution in [0.15, 0.2) is 10.9 Å². The van der Waals surface area contributed by atoms with Crippen molar-refractivity contribution in [1.82, 2.24) is 15.2 Å². The Morgan fingerprint density at radius 1 is 1.38 bits per heavy atom. The molecule has 1 aromatic heterocycles. The Morgan fingerprint density at radius 3 is 2.62 bits per heavy atom. The van der Waals surface area contributed by atoms with E-state index in [0.717, 1.165) is 0 Å². The molecule has 0 bridgehead atoms. The van der Waals surface area contributed by atoms with E-state index in [4.69, 9.17) is 0 Å². The van der Waals surface area contributed by atoms with Crippen LogP contribution in [0.5, 0.6) is 0 Å². The van der Waals surface area contributed by atoms with Gasteiger partial charge in [0.2, 0.25) is 11.8 Å². The highest BCUT2D eigenvalue weighted by atomic mass is 19.4. The summed E-state index contributed by atoms with van der Waals surface area (Å²) < 4.78 is 37.1. The van der Waals surface area contributed by atoms with Gasteiger partial charge in [0.25, 0.3) is 5.56 Å². The molecule has 24 heavy (non-hydrogen) atoms. The maximum atomic E-state index is 12.4. The Hall–Kier alpha value is -2.32. The summed E-state index contributed by atoms with van der Waals surface area (Å²) >= 11 is 0. The molecule has 0 saturated carbocycles. The van der Waals surface area contributed by atoms with E-state index < -0.39 is 30.5 Å². The summed E-state index contributed by atoms with van der Waals surface area (Å²) in [5.41, 5.74) is 1.45. The Balaban J connectivity index is 1.97. The highest BCUT2D eigenvalue weighted by Crippen LogP contribution is 2.24. The molecule has 2 amide bonds. The van der Waals surface area contributed by atoms with Gasteiger partial charge in [-0.1, -0.05) is 0 Å². The lowest BCUT2D eigenvalue weighted by atomic mass is 10.1. The van der Waals surface area contributed by atoms with Gasteiger partial charge in [-0.3, -0.25) is 14.4 Å². The minimum atomic E-state index is -4.49. The quantitative estimate of drug-likeness (QED) is 0.855. The second-order valence-corrected chi connectivity index (χ2v) is 5.95. The molecule has 1 fully saturated rings. The largest absolute Gasteiger partial charge is 0.406 e. The smallest absolute Gasteiger partial charge is 0.351 e. The van der Waals surface area contributed by atoms with Gasteiger partial charge >= 0.3 is 6.18 Å². The molecule has 0 spiro atoms. The van der Waals surface area contributed by atoms with Crippen molar-refractivity contribution in [2.24, 2.45) is 5.92 Å². The molecule has 2 rings (SSSR count). The molecule has 1 aliphatic heterocycles. The third kappa shape index (κ3) is 4.36. The van der Waals surface area contributed by atoms with E-state index in [1.54, 1.807) is 19.9 Å². The minimum absolute atomic E-state index is 0.0375. The summed E-state index contributed by atoms with van der Waals surface area (Å²) in [4.78, 5) is 38.8. The first-order valence-electron chi connectivity index (χ1n) is 7.38. The number of likely N-dealkylation sites (tertiary alicyclic amines) is 1. The monoisotopic (exact) mass is 345 g/mol. The number of carbonyl (C=O) groups is 2. The second kappa shape index (κ2) is 6.66. The van der Waals surface area contributed by atoms with Crippen molar-refractivity contribution >= 4 is 11.8 Å². The SMILES string of the molecule is Cc1cc(C)c(CNC(=O)C2CC(=O)N(CC(F)(F)F)C2)c(=O)[nH]1. The number of aromatic nitrogens is 1. The number of hydrogen-bond acceptors (Lipinski definition) is 3. The van der Waals surface area contributed by atoms with Gasteiger partial charge in [-0.15, -0.1) is 0 Å². The molecule has 0 aliphatic carbocycles. The van der Waals surface area contributed by atoms with E-state index >= 15 is 0 Å². The van der Waals surface area contributed by atoms with Crippen LogP contribution in [-0.2, 0) is 16.1 Å². The molecule has 1 aromatic rings. The van der Waals surface area contributed by atoms with Crippen LogP contribution in [0.25, 0.3) is 0 Å². The van der Waals surface area contributed by atoms with Gasteiger partial charge in [-0.2, -0.15) is 13.2 Å². The van der Waals surface area contributed by atoms with Gasteiger partial charge in [0.15, 0.2) is 0 Å². The van der Waals surface area contributed by atoms with Crippen LogP contribution < -0.4 is 10.9 Å². The number of aryl methyl sites for hydroxylation is 2. The van der Waals surface area contributed by atoms with Crippen LogP contribution in [0.1, 0.15) is 23.2 Å². The summed E-state index contributed by atoms with van der Waals surface area (Å²) in [5.74, 6) is -2.08. The number of carbonyl (C=O) groups excluding carboxylic acids is 2. The van der Waals surface area contributed by atoms with Crippen LogP contribution >= 0.6 is 0 Å². The molecule has 1 atom stereocenters. The third-order valence-corrected chi connectivity index (χ3v) is 3.89. The predicted molar refractivity (Wildman–Crippen MR) is 79.1 cm³/mol. The van der Waals surface area contributed by atoms with E-state index in [9.17, 15) is 27.6 Å². The van der Waals surface area contributed by atoms with E-state index in [1.165, 1.54) is 0 Å². The summed E-state index contributed by atoms with van der Waals surface area (Å²) in [6.07, 6.45) is -4.75. The molecule has 1 unspecified atom stereocenters. The van der Waals surface area contributed by atoms with Crippen molar-refractivity contribution in [3.63, 3.8) is 0 Å². The van der Waals surface area contributed by atoms with Crippen LogP contribution in [-0.4, -0.2) is 41.0 Å². The molecule has 1 saturated heterocycles. The topological polar surface area (TPSA) is 82.3 Å². The van der Waals surface area contributed by atoms with Gasteiger partial charge in [-0.25, -0.2) is 0 Å². The number of halogens is 3. The predicted octanol–water partition coefficient (Wildman–Crippen LogP) is 1.02. The second-order valence-electron chi connectivity index (χ2n) is 5.95. The first-order valence-corrected chi connectivity index (χ1v) is 7.38. The average Bonchev–Trinajstić information content (AvgIpc) is 2.76. The number of aromatic amines is 1. The zero-order valence-corrected chi connectivity index (χ0v) is 13.3. The lowest BCUT2D eigenvalue weighted by Gasteiger charge is -2.18. The molecule has 2 heterocycles. The maximum absolute atomic E-state index is 12.4. The zero-order valence-electron chi connectivity index (χ0n) is 13.3. The fraction of sp³-hybridized carbons (Fsp3) is 0.533. The standard InChI is InChI=1S/C15H18F3N3O3/c1-8-3-9(2)20-14(24)11(8)5-19-13(23)10-4-12(22)21(6-10)7-15(16,17)18/h3,10H,4-7H2,1-2H3,(H,19,23)(H,20,24). The van der Waals surface area contributed by atoms with Crippen molar-refractivity contribution in [1.29, 1.82) is 0 Å². The van der Waals surface area contributed by atoms with E-state index in [1.807, 2.05) is 0 Å². The van der Waals surface area contributed by atoms with Gasteiger partial charge in [-0.05, 0) is 25.5 Å². The van der Waals surface area contributed by atoms with Gasteiger partial charge < -0.3 is 15.2 Å². The number of nitrogens with zero attached hydrogens (tertiary/aromatic N) is 1. The number of alkyl halides is 3. The van der Waals surface area contributed by atoms with Crippen molar-refractivity contribution in [3.05, 3.63) is 33.2 Å². The first-order chi connectivity index (χ1) is 11.1. The highest BCUT2D eigenvalue weighted by molar-refractivity contribution is 5.89. The van der Waals surface area contributed by atoms with Gasteiger partial charge in [0, 0.05) is 30.8 Å². The number of hydrogen-bond donors (Lipinski definition) is 2. The van der Waals surface area contributed by atoms with Gasteiger partial charge in [0.05, 0.1) is 5.92 Å². The normalized spacial score (nSPS) is 18.1. The van der Waals surface area contributed by atoms with Crippen LogP contribution in [0.4, 0.5) is 13.2 Å². The number of pyridine rings is 1. The Bertz CT molecular complexity index is 712. The molecular weight excluding hydrogens is 327 g/mol. The number of nitrogens with one attached hydrogen (secondary N) is 2. The van der Waals surface area contributed by atoms with Crippen molar-refractivity contribution < 1.29 is 22.8 Å². The summed E-state index contributed by atoms with van der Waals surface area (Å²) in [5, 5.41) is 2.53. The minimum Gasteiger partial charge on any atom is -0.351 e. The van der Waals surface area contributed by atoms with Crippen molar-refractivity contribution in [2.45, 2.75) is 33.0 Å². The summed E-state index contributed by atoms with van der Waals surface area (Å²) in [7, 11) is 0. The number of H-pyrrole nitrogens is 1. The molecule has 9 heteroatoms. The molecule has 0 radical (unpaired) electrons. The van der Waals surface area contributed by atoms with Crippen LogP contribution in [0.3, 0.4) is 0 Å². The average molecular weight is 345 g/mol. The zero-order chi connectivity index (χ0) is 18.1. The number of rotatable bonds is 4. The molecule has 1 aliphatic rings. The lowest BCUT2D eigenvalue weighted by Crippen LogP contribution is -2.37. The first kappa shape index (κ1) is 18.0. The third-order valence-electron chi connectivity index (χ3n) is 3.89. The Kier molecular flexibility index (Phi) is 5.00. The van der Waals surface area contributed by atoms with Crippen LogP contribution in [0, 0.1) is 19.8 Å². The summed E-state index contributed by atoms with van der Waals surface area (Å²) in [6.45, 7) is 1.80. The van der Waals surface area contributed by atoms with Gasteiger partial charge in [0.1, 0.15) is 6.54 Å². The van der Waals surface area contributed by atoms with E-state index in [-0.39, 0.29) is 25.1 Å². The Morgan fingerprint density at radius 2 is 2.04 bits per heavy atom. The van der Waals surface area contributed by atoms with Crippen molar-refractivity contribution in [3.8, 4) is 0 Å².